The van der Waals surface area contributed by atoms with Crippen molar-refractivity contribution in [3.05, 3.63) is 35.1 Å². The highest BCUT2D eigenvalue weighted by Gasteiger charge is 1.93. The summed E-state index contributed by atoms with van der Waals surface area (Å²) in [7, 11) is 0. The fourth-order valence-electron chi connectivity index (χ4n) is 0.728. The first-order valence-corrected chi connectivity index (χ1v) is 3.86. The maximum atomic E-state index is 10.6. The van der Waals surface area contributed by atoms with Crippen LogP contribution in [0.2, 0.25) is 5.02 Å². The van der Waals surface area contributed by atoms with Crippen molar-refractivity contribution in [3.63, 3.8) is 0 Å². The Labute approximate surface area is 75.9 Å². The first-order valence-electron chi connectivity index (χ1n) is 3.48. The molecular formula is C9H8ClNO. The Hall–Kier alpha value is -1.15. The molecule has 0 amide bonds. The van der Waals surface area contributed by atoms with Crippen molar-refractivity contribution >= 4 is 23.5 Å². The van der Waals surface area contributed by atoms with Gasteiger partial charge in [-0.2, -0.15) is 0 Å². The van der Waals surface area contributed by atoms with Crippen molar-refractivity contribution in [2.75, 3.05) is 0 Å². The van der Waals surface area contributed by atoms with Crippen LogP contribution in [0.4, 0.5) is 0 Å². The normalized spacial score (nSPS) is 10.5. The van der Waals surface area contributed by atoms with Crippen LogP contribution in [-0.4, -0.2) is 10.8 Å². The van der Waals surface area contributed by atoms with Crippen LogP contribution in [0.15, 0.2) is 24.5 Å². The molecule has 0 atom stereocenters. The third-order valence-electron chi connectivity index (χ3n) is 1.30. The van der Waals surface area contributed by atoms with E-state index < -0.39 is 0 Å². The first-order chi connectivity index (χ1) is 5.70. The summed E-state index contributed by atoms with van der Waals surface area (Å²) in [5.41, 5.74) is 0.807. The average Bonchev–Trinajstić information content (AvgIpc) is 2.03. The van der Waals surface area contributed by atoms with E-state index in [1.807, 2.05) is 0 Å². The minimum absolute atomic E-state index is 0.00267. The van der Waals surface area contributed by atoms with Crippen LogP contribution < -0.4 is 0 Å². The summed E-state index contributed by atoms with van der Waals surface area (Å²) in [6.45, 7) is 1.49. The molecule has 0 radical (unpaired) electrons. The summed E-state index contributed by atoms with van der Waals surface area (Å²) in [6.07, 6.45) is 6.32. The van der Waals surface area contributed by atoms with Gasteiger partial charge in [0.1, 0.15) is 0 Å². The maximum absolute atomic E-state index is 10.6. The van der Waals surface area contributed by atoms with Gasteiger partial charge in [0.25, 0.3) is 0 Å². The smallest absolute Gasteiger partial charge is 0.152 e. The molecule has 0 aromatic carbocycles. The summed E-state index contributed by atoms with van der Waals surface area (Å²) in [5.74, 6) is 0.00267. The van der Waals surface area contributed by atoms with Gasteiger partial charge in [-0.25, -0.2) is 0 Å². The van der Waals surface area contributed by atoms with Crippen molar-refractivity contribution in [1.82, 2.24) is 4.98 Å². The molecular weight excluding hydrogens is 174 g/mol. The molecule has 0 spiro atoms. The lowest BCUT2D eigenvalue weighted by molar-refractivity contribution is -0.112. The van der Waals surface area contributed by atoms with Gasteiger partial charge in [0.15, 0.2) is 5.78 Å². The van der Waals surface area contributed by atoms with Gasteiger partial charge in [-0.15, -0.1) is 0 Å². The van der Waals surface area contributed by atoms with Crippen molar-refractivity contribution in [2.45, 2.75) is 6.92 Å². The molecule has 0 fully saturated rings. The van der Waals surface area contributed by atoms with Gasteiger partial charge < -0.3 is 0 Å². The molecule has 2 nitrogen and oxygen atoms in total. The number of carbonyl (C=O) groups is 1. The highest BCUT2D eigenvalue weighted by molar-refractivity contribution is 6.32. The van der Waals surface area contributed by atoms with Crippen LogP contribution in [-0.2, 0) is 4.79 Å². The van der Waals surface area contributed by atoms with Crippen molar-refractivity contribution in [3.8, 4) is 0 Å². The second-order valence-corrected chi connectivity index (χ2v) is 2.75. The highest BCUT2D eigenvalue weighted by atomic mass is 35.5. The van der Waals surface area contributed by atoms with Crippen molar-refractivity contribution < 1.29 is 4.79 Å². The van der Waals surface area contributed by atoms with Crippen LogP contribution in [0.1, 0.15) is 12.5 Å². The molecule has 1 aromatic rings. The van der Waals surface area contributed by atoms with Crippen molar-refractivity contribution in [1.29, 1.82) is 0 Å². The van der Waals surface area contributed by atoms with Gasteiger partial charge in [0.2, 0.25) is 0 Å². The first kappa shape index (κ1) is 8.94. The standard InChI is InChI=1S/C9H8ClNO/c1-7(12)2-3-8-4-5-11-6-9(8)10/h2-6H,1H3/b3-2+. The van der Waals surface area contributed by atoms with E-state index in [4.69, 9.17) is 11.6 Å². The van der Waals surface area contributed by atoms with Crippen LogP contribution in [0.5, 0.6) is 0 Å². The molecule has 1 rings (SSSR count). The van der Waals surface area contributed by atoms with E-state index in [1.54, 1.807) is 24.5 Å². The number of allylic oxidation sites excluding steroid dienone is 1. The number of hydrogen-bond donors (Lipinski definition) is 0. The van der Waals surface area contributed by atoms with E-state index in [0.29, 0.717) is 5.02 Å². The van der Waals surface area contributed by atoms with Crippen LogP contribution in [0.3, 0.4) is 0 Å². The van der Waals surface area contributed by atoms with Gasteiger partial charge in [0.05, 0.1) is 5.02 Å². The lowest BCUT2D eigenvalue weighted by Gasteiger charge is -1.93. The Morgan fingerprint density at radius 1 is 1.67 bits per heavy atom. The Bertz CT molecular complexity index is 320. The fourth-order valence-corrected chi connectivity index (χ4v) is 0.911. The molecule has 0 saturated carbocycles. The molecule has 0 unspecified atom stereocenters. The summed E-state index contributed by atoms with van der Waals surface area (Å²) < 4.78 is 0. The van der Waals surface area contributed by atoms with Gasteiger partial charge in [-0.1, -0.05) is 11.6 Å². The molecule has 1 heterocycles. The van der Waals surface area contributed by atoms with Gasteiger partial charge in [0, 0.05) is 12.4 Å². The van der Waals surface area contributed by atoms with Crippen molar-refractivity contribution in [2.24, 2.45) is 0 Å². The molecule has 0 N–H and O–H groups in total. The summed E-state index contributed by atoms with van der Waals surface area (Å²) in [4.78, 5) is 14.4. The summed E-state index contributed by atoms with van der Waals surface area (Å²) >= 11 is 5.78. The van der Waals surface area contributed by atoms with Gasteiger partial charge >= 0.3 is 0 Å². The fraction of sp³-hybridized carbons (Fsp3) is 0.111. The molecule has 0 bridgehead atoms. The second-order valence-electron chi connectivity index (χ2n) is 2.34. The molecule has 1 aromatic heterocycles. The minimum Gasteiger partial charge on any atom is -0.295 e. The molecule has 0 saturated heterocycles. The highest BCUT2D eigenvalue weighted by Crippen LogP contribution is 2.14. The van der Waals surface area contributed by atoms with E-state index in [1.165, 1.54) is 13.0 Å². The third-order valence-corrected chi connectivity index (χ3v) is 1.62. The monoisotopic (exact) mass is 181 g/mol. The Morgan fingerprint density at radius 2 is 2.42 bits per heavy atom. The number of ketones is 1. The lowest BCUT2D eigenvalue weighted by Crippen LogP contribution is -1.81. The van der Waals surface area contributed by atoms with E-state index in [-0.39, 0.29) is 5.78 Å². The summed E-state index contributed by atoms with van der Waals surface area (Å²) in [5, 5.41) is 0.551. The summed E-state index contributed by atoms with van der Waals surface area (Å²) in [6, 6.07) is 1.75. The minimum atomic E-state index is 0.00267. The zero-order valence-electron chi connectivity index (χ0n) is 6.62. The number of nitrogens with zero attached hydrogens (tertiary/aromatic N) is 1. The molecule has 0 aliphatic rings. The lowest BCUT2D eigenvalue weighted by atomic mass is 10.2. The number of pyridine rings is 1. The van der Waals surface area contributed by atoms with Crippen LogP contribution >= 0.6 is 11.6 Å². The predicted octanol–water partition coefficient (Wildman–Crippen LogP) is 2.34. The number of hydrogen-bond acceptors (Lipinski definition) is 2. The van der Waals surface area contributed by atoms with E-state index in [2.05, 4.69) is 4.98 Å². The van der Waals surface area contributed by atoms with Crippen LogP contribution in [0, 0.1) is 0 Å². The predicted molar refractivity (Wildman–Crippen MR) is 49.0 cm³/mol. The molecule has 62 valence electrons. The Balaban J connectivity index is 2.89. The number of rotatable bonds is 2. The molecule has 0 aliphatic carbocycles. The topological polar surface area (TPSA) is 30.0 Å². The van der Waals surface area contributed by atoms with Crippen LogP contribution in [0.25, 0.3) is 6.08 Å². The average molecular weight is 182 g/mol. The quantitative estimate of drug-likeness (QED) is 0.656. The Kier molecular flexibility index (Phi) is 3.00. The number of aromatic nitrogens is 1. The van der Waals surface area contributed by atoms with E-state index in [9.17, 15) is 4.79 Å². The second kappa shape index (κ2) is 4.02. The van der Waals surface area contributed by atoms with E-state index in [0.717, 1.165) is 5.56 Å². The molecule has 0 aliphatic heterocycles. The number of halogens is 1. The SMILES string of the molecule is CC(=O)/C=C/c1ccncc1Cl. The Morgan fingerprint density at radius 3 is 3.00 bits per heavy atom. The molecule has 12 heavy (non-hydrogen) atoms. The molecule has 3 heteroatoms. The largest absolute Gasteiger partial charge is 0.295 e. The zero-order chi connectivity index (χ0) is 8.97. The van der Waals surface area contributed by atoms with E-state index >= 15 is 0 Å². The van der Waals surface area contributed by atoms with Gasteiger partial charge in [-0.05, 0) is 30.7 Å². The number of carbonyl (C=O) groups excluding carboxylic acids is 1. The third kappa shape index (κ3) is 2.47. The zero-order valence-corrected chi connectivity index (χ0v) is 7.38. The van der Waals surface area contributed by atoms with Gasteiger partial charge in [-0.3, -0.25) is 9.78 Å². The maximum Gasteiger partial charge on any atom is 0.152 e.